The molecule has 0 spiro atoms. The van der Waals surface area contributed by atoms with Crippen LogP contribution in [-0.2, 0) is 14.8 Å². The van der Waals surface area contributed by atoms with Gasteiger partial charge >= 0.3 is 0 Å². The Hall–Kier alpha value is -0.950. The largest absolute Gasteiger partial charge is 0.388 e. The Bertz CT molecular complexity index is 569. The summed E-state index contributed by atoms with van der Waals surface area (Å²) in [7, 11) is -1.97. The molecule has 1 aromatic carbocycles. The maximum atomic E-state index is 12.8. The molecule has 5 nitrogen and oxygen atoms in total. The van der Waals surface area contributed by atoms with Crippen LogP contribution in [0.4, 0.5) is 0 Å². The van der Waals surface area contributed by atoms with E-state index in [1.165, 1.54) is 4.31 Å². The molecule has 1 fully saturated rings. The molecule has 6 heteroatoms. The van der Waals surface area contributed by atoms with E-state index in [0.29, 0.717) is 25.1 Å². The fourth-order valence-corrected chi connectivity index (χ4v) is 4.02. The molecular formula is C15H23NO4S. The van der Waals surface area contributed by atoms with Crippen LogP contribution in [0.2, 0.25) is 0 Å². The lowest BCUT2D eigenvalue weighted by molar-refractivity contribution is 0.173. The summed E-state index contributed by atoms with van der Waals surface area (Å²) >= 11 is 0. The molecule has 118 valence electrons. The average Bonchev–Trinajstić information content (AvgIpc) is 3.31. The molecule has 21 heavy (non-hydrogen) atoms. The van der Waals surface area contributed by atoms with Gasteiger partial charge in [0, 0.05) is 19.7 Å². The molecule has 0 heterocycles. The van der Waals surface area contributed by atoms with Crippen molar-refractivity contribution in [2.24, 2.45) is 0 Å². The Kier molecular flexibility index (Phi) is 5.37. The van der Waals surface area contributed by atoms with Crippen LogP contribution in [0, 0.1) is 0 Å². The summed E-state index contributed by atoms with van der Waals surface area (Å²) in [6.45, 7) is 2.61. The van der Waals surface area contributed by atoms with Crippen molar-refractivity contribution in [2.75, 3.05) is 20.3 Å². The molecule has 0 aliphatic heterocycles. The Labute approximate surface area is 126 Å². The van der Waals surface area contributed by atoms with E-state index in [1.54, 1.807) is 31.4 Å². The van der Waals surface area contributed by atoms with Gasteiger partial charge in [-0.1, -0.05) is 19.1 Å². The predicted octanol–water partition coefficient (Wildman–Crippen LogP) is 1.93. The molecule has 1 aliphatic rings. The topological polar surface area (TPSA) is 66.8 Å². The minimum absolute atomic E-state index is 0.0879. The fraction of sp³-hybridized carbons (Fsp3) is 0.600. The Morgan fingerprint density at radius 2 is 2.14 bits per heavy atom. The third-order valence-corrected chi connectivity index (χ3v) is 5.65. The molecule has 1 unspecified atom stereocenters. The minimum atomic E-state index is -3.53. The maximum Gasteiger partial charge on any atom is 0.243 e. The van der Waals surface area contributed by atoms with Crippen molar-refractivity contribution in [3.63, 3.8) is 0 Å². The van der Waals surface area contributed by atoms with Crippen molar-refractivity contribution in [1.82, 2.24) is 4.31 Å². The lowest BCUT2D eigenvalue weighted by atomic mass is 10.1. The van der Waals surface area contributed by atoms with Crippen molar-refractivity contribution in [1.29, 1.82) is 0 Å². The molecule has 1 aliphatic carbocycles. The van der Waals surface area contributed by atoms with Gasteiger partial charge in [0.05, 0.1) is 17.6 Å². The molecule has 0 amide bonds. The first kappa shape index (κ1) is 16.4. The molecule has 1 N–H and O–H groups in total. The minimum Gasteiger partial charge on any atom is -0.388 e. The highest BCUT2D eigenvalue weighted by molar-refractivity contribution is 7.89. The lowest BCUT2D eigenvalue weighted by Crippen LogP contribution is -2.35. The standard InChI is InChI=1S/C15H23NO4S/c1-3-15(17)12-5-4-6-14(11-12)21(18,19)16(9-10-20-2)13-7-8-13/h4-6,11,13,15,17H,3,7-10H2,1-2H3. The van der Waals surface area contributed by atoms with Crippen LogP contribution in [0.15, 0.2) is 29.2 Å². The van der Waals surface area contributed by atoms with Gasteiger partial charge in [0.25, 0.3) is 0 Å². The number of nitrogens with zero attached hydrogens (tertiary/aromatic N) is 1. The van der Waals surface area contributed by atoms with Gasteiger partial charge in [-0.3, -0.25) is 0 Å². The molecular weight excluding hydrogens is 290 g/mol. The van der Waals surface area contributed by atoms with Crippen LogP contribution >= 0.6 is 0 Å². The smallest absolute Gasteiger partial charge is 0.243 e. The number of rotatable bonds is 8. The zero-order chi connectivity index (χ0) is 15.5. The number of ether oxygens (including phenoxy) is 1. The molecule has 0 bridgehead atoms. The number of sulfonamides is 1. The van der Waals surface area contributed by atoms with Gasteiger partial charge in [-0.25, -0.2) is 8.42 Å². The van der Waals surface area contributed by atoms with Crippen molar-refractivity contribution in [3.8, 4) is 0 Å². The zero-order valence-electron chi connectivity index (χ0n) is 12.5. The van der Waals surface area contributed by atoms with Gasteiger partial charge in [0.2, 0.25) is 10.0 Å². The van der Waals surface area contributed by atoms with Gasteiger partial charge in [-0.2, -0.15) is 4.31 Å². The first-order valence-electron chi connectivity index (χ1n) is 7.29. The second-order valence-corrected chi connectivity index (χ2v) is 7.23. The second-order valence-electron chi connectivity index (χ2n) is 5.34. The van der Waals surface area contributed by atoms with E-state index < -0.39 is 16.1 Å². The lowest BCUT2D eigenvalue weighted by Gasteiger charge is -2.22. The molecule has 1 aromatic rings. The summed E-state index contributed by atoms with van der Waals surface area (Å²) < 4.78 is 32.1. The molecule has 1 saturated carbocycles. The van der Waals surface area contributed by atoms with Crippen molar-refractivity contribution >= 4 is 10.0 Å². The highest BCUT2D eigenvalue weighted by atomic mass is 32.2. The van der Waals surface area contributed by atoms with Crippen LogP contribution in [0.1, 0.15) is 37.9 Å². The number of methoxy groups -OCH3 is 1. The van der Waals surface area contributed by atoms with E-state index in [0.717, 1.165) is 12.8 Å². The van der Waals surface area contributed by atoms with Gasteiger partial charge in [-0.15, -0.1) is 0 Å². The van der Waals surface area contributed by atoms with Crippen LogP contribution < -0.4 is 0 Å². The van der Waals surface area contributed by atoms with E-state index >= 15 is 0 Å². The Morgan fingerprint density at radius 1 is 1.43 bits per heavy atom. The molecule has 0 saturated heterocycles. The van der Waals surface area contributed by atoms with Gasteiger partial charge in [0.1, 0.15) is 0 Å². The van der Waals surface area contributed by atoms with Crippen molar-refractivity contribution in [2.45, 2.75) is 43.2 Å². The van der Waals surface area contributed by atoms with Crippen LogP contribution in [0.25, 0.3) is 0 Å². The SMILES string of the molecule is CCC(O)c1cccc(S(=O)(=O)N(CCOC)C2CC2)c1. The van der Waals surface area contributed by atoms with Crippen LogP contribution in [0.5, 0.6) is 0 Å². The highest BCUT2D eigenvalue weighted by Gasteiger charge is 2.37. The molecule has 2 rings (SSSR count). The van der Waals surface area contributed by atoms with Crippen molar-refractivity contribution < 1.29 is 18.3 Å². The van der Waals surface area contributed by atoms with Gasteiger partial charge in [-0.05, 0) is 37.0 Å². The van der Waals surface area contributed by atoms with Gasteiger partial charge < -0.3 is 9.84 Å². The molecule has 0 radical (unpaired) electrons. The Morgan fingerprint density at radius 3 is 2.71 bits per heavy atom. The summed E-state index contributed by atoms with van der Waals surface area (Å²) in [5.41, 5.74) is 0.640. The van der Waals surface area contributed by atoms with Crippen LogP contribution in [-0.4, -0.2) is 44.1 Å². The second kappa shape index (κ2) is 6.87. The number of hydrogen-bond donors (Lipinski definition) is 1. The summed E-state index contributed by atoms with van der Waals surface area (Å²) in [5, 5.41) is 9.89. The van der Waals surface area contributed by atoms with E-state index in [1.807, 2.05) is 6.92 Å². The zero-order valence-corrected chi connectivity index (χ0v) is 13.3. The quantitative estimate of drug-likeness (QED) is 0.796. The number of aliphatic hydroxyl groups is 1. The predicted molar refractivity (Wildman–Crippen MR) is 80.5 cm³/mol. The average molecular weight is 313 g/mol. The normalized spacial score (nSPS) is 17.1. The highest BCUT2D eigenvalue weighted by Crippen LogP contribution is 2.32. The third kappa shape index (κ3) is 3.83. The third-order valence-electron chi connectivity index (χ3n) is 3.71. The Balaban J connectivity index is 2.28. The maximum absolute atomic E-state index is 12.8. The van der Waals surface area contributed by atoms with Crippen LogP contribution in [0.3, 0.4) is 0 Å². The summed E-state index contributed by atoms with van der Waals surface area (Å²) in [5.74, 6) is 0. The first-order chi connectivity index (χ1) is 10.0. The summed E-state index contributed by atoms with van der Waals surface area (Å²) in [6.07, 6.45) is 1.73. The van der Waals surface area contributed by atoms with Gasteiger partial charge in [0.15, 0.2) is 0 Å². The first-order valence-corrected chi connectivity index (χ1v) is 8.73. The van der Waals surface area contributed by atoms with E-state index in [4.69, 9.17) is 4.74 Å². The monoisotopic (exact) mass is 313 g/mol. The number of aliphatic hydroxyl groups excluding tert-OH is 1. The van der Waals surface area contributed by atoms with E-state index in [-0.39, 0.29) is 10.9 Å². The summed E-state index contributed by atoms with van der Waals surface area (Å²) in [4.78, 5) is 0.246. The van der Waals surface area contributed by atoms with E-state index in [9.17, 15) is 13.5 Å². The summed E-state index contributed by atoms with van der Waals surface area (Å²) in [6, 6.07) is 6.69. The van der Waals surface area contributed by atoms with Crippen molar-refractivity contribution in [3.05, 3.63) is 29.8 Å². The fourth-order valence-electron chi connectivity index (χ4n) is 2.30. The molecule has 0 aromatic heterocycles. The number of benzene rings is 1. The molecule has 1 atom stereocenters. The number of hydrogen-bond acceptors (Lipinski definition) is 4. The van der Waals surface area contributed by atoms with E-state index in [2.05, 4.69) is 0 Å².